The SMILES string of the molecule is COc1cc(Cl)c(C)cc1NC(=O)CNC(=O)OC(C)(C)C. The van der Waals surface area contributed by atoms with E-state index in [2.05, 4.69) is 10.6 Å². The zero-order chi connectivity index (χ0) is 16.9. The topological polar surface area (TPSA) is 76.7 Å². The number of carbonyl (C=O) groups excluding carboxylic acids is 2. The Bertz CT molecular complexity index is 567. The summed E-state index contributed by atoms with van der Waals surface area (Å²) in [6, 6.07) is 3.32. The summed E-state index contributed by atoms with van der Waals surface area (Å²) in [6.45, 7) is 6.84. The zero-order valence-electron chi connectivity index (χ0n) is 13.4. The van der Waals surface area contributed by atoms with Crippen LogP contribution in [0.15, 0.2) is 12.1 Å². The first-order chi connectivity index (χ1) is 10.1. The average molecular weight is 329 g/mol. The molecule has 1 aromatic carbocycles. The van der Waals surface area contributed by atoms with Crippen molar-refractivity contribution in [3.05, 3.63) is 22.7 Å². The molecule has 1 aromatic rings. The van der Waals surface area contributed by atoms with E-state index in [0.717, 1.165) is 5.56 Å². The highest BCUT2D eigenvalue weighted by molar-refractivity contribution is 6.31. The van der Waals surface area contributed by atoms with Crippen molar-refractivity contribution in [2.75, 3.05) is 19.0 Å². The van der Waals surface area contributed by atoms with E-state index in [9.17, 15) is 9.59 Å². The summed E-state index contributed by atoms with van der Waals surface area (Å²) in [5, 5.41) is 5.58. The van der Waals surface area contributed by atoms with Gasteiger partial charge in [-0.25, -0.2) is 4.79 Å². The molecule has 22 heavy (non-hydrogen) atoms. The minimum Gasteiger partial charge on any atom is -0.495 e. The number of hydrogen-bond acceptors (Lipinski definition) is 4. The number of anilines is 1. The molecule has 0 aliphatic carbocycles. The summed E-state index contributed by atoms with van der Waals surface area (Å²) in [7, 11) is 1.48. The highest BCUT2D eigenvalue weighted by atomic mass is 35.5. The van der Waals surface area contributed by atoms with Crippen LogP contribution >= 0.6 is 11.6 Å². The van der Waals surface area contributed by atoms with Crippen LogP contribution in [0.4, 0.5) is 10.5 Å². The molecule has 1 rings (SSSR count). The molecule has 0 aliphatic rings. The molecule has 0 fully saturated rings. The second kappa shape index (κ2) is 7.35. The van der Waals surface area contributed by atoms with Crippen molar-refractivity contribution in [1.82, 2.24) is 5.32 Å². The maximum Gasteiger partial charge on any atom is 0.408 e. The lowest BCUT2D eigenvalue weighted by atomic mass is 10.2. The standard InChI is InChI=1S/C15H21ClN2O4/c1-9-6-11(12(21-5)7-10(9)16)18-13(19)8-17-14(20)22-15(2,3)4/h6-7H,8H2,1-5H3,(H,17,20)(H,18,19). The number of hydrogen-bond donors (Lipinski definition) is 2. The third-order valence-corrected chi connectivity index (χ3v) is 2.95. The second-order valence-corrected chi connectivity index (χ2v) is 6.11. The van der Waals surface area contributed by atoms with Gasteiger partial charge in [-0.3, -0.25) is 4.79 Å². The summed E-state index contributed by atoms with van der Waals surface area (Å²) in [5.74, 6) is 0.0482. The second-order valence-electron chi connectivity index (χ2n) is 5.71. The molecule has 0 spiro atoms. The van der Waals surface area contributed by atoms with Crippen LogP contribution < -0.4 is 15.4 Å². The first kappa shape index (κ1) is 18.1. The lowest BCUT2D eigenvalue weighted by molar-refractivity contribution is -0.115. The van der Waals surface area contributed by atoms with E-state index < -0.39 is 17.6 Å². The molecule has 2 N–H and O–H groups in total. The maximum atomic E-state index is 11.9. The molecule has 122 valence electrons. The average Bonchev–Trinajstić information content (AvgIpc) is 2.38. The molecule has 0 saturated heterocycles. The highest BCUT2D eigenvalue weighted by Gasteiger charge is 2.17. The first-order valence-electron chi connectivity index (χ1n) is 6.73. The highest BCUT2D eigenvalue weighted by Crippen LogP contribution is 2.30. The van der Waals surface area contributed by atoms with Gasteiger partial charge in [-0.1, -0.05) is 11.6 Å². The number of halogens is 1. The van der Waals surface area contributed by atoms with Gasteiger partial charge in [0.15, 0.2) is 0 Å². The quantitative estimate of drug-likeness (QED) is 0.890. The first-order valence-corrected chi connectivity index (χ1v) is 7.11. The number of alkyl carbamates (subject to hydrolysis) is 1. The Balaban J connectivity index is 2.63. The van der Waals surface area contributed by atoms with E-state index in [4.69, 9.17) is 21.1 Å². The predicted octanol–water partition coefficient (Wildman–Crippen LogP) is 3.12. The Labute approximate surface area is 135 Å². The van der Waals surface area contributed by atoms with Crippen LogP contribution in [0, 0.1) is 6.92 Å². The molecule has 0 bridgehead atoms. The molecule has 0 heterocycles. The Kier molecular flexibility index (Phi) is 6.05. The van der Waals surface area contributed by atoms with Crippen LogP contribution in [-0.4, -0.2) is 31.3 Å². The van der Waals surface area contributed by atoms with Crippen LogP contribution in [0.25, 0.3) is 0 Å². The normalized spacial score (nSPS) is 10.8. The predicted molar refractivity (Wildman–Crippen MR) is 85.6 cm³/mol. The Morgan fingerprint density at radius 2 is 1.91 bits per heavy atom. The van der Waals surface area contributed by atoms with Gasteiger partial charge in [0, 0.05) is 11.1 Å². The number of carbonyl (C=O) groups is 2. The van der Waals surface area contributed by atoms with E-state index in [1.807, 2.05) is 6.92 Å². The molecular formula is C15H21ClN2O4. The molecule has 0 aliphatic heterocycles. The van der Waals surface area contributed by atoms with Crippen LogP contribution in [0.5, 0.6) is 5.75 Å². The van der Waals surface area contributed by atoms with Crippen molar-refractivity contribution in [3.63, 3.8) is 0 Å². The Hall–Kier alpha value is -1.95. The minimum atomic E-state index is -0.651. The largest absolute Gasteiger partial charge is 0.495 e. The number of ether oxygens (including phenoxy) is 2. The molecular weight excluding hydrogens is 308 g/mol. The van der Waals surface area contributed by atoms with Crippen molar-refractivity contribution in [2.45, 2.75) is 33.3 Å². The van der Waals surface area contributed by atoms with E-state index >= 15 is 0 Å². The fraction of sp³-hybridized carbons (Fsp3) is 0.467. The van der Waals surface area contributed by atoms with Crippen molar-refractivity contribution in [1.29, 1.82) is 0 Å². The van der Waals surface area contributed by atoms with Gasteiger partial charge >= 0.3 is 6.09 Å². The van der Waals surface area contributed by atoms with Crippen LogP contribution in [0.2, 0.25) is 5.02 Å². The molecule has 6 nitrogen and oxygen atoms in total. The summed E-state index contributed by atoms with van der Waals surface area (Å²) >= 11 is 6.00. The fourth-order valence-electron chi connectivity index (χ4n) is 1.59. The Morgan fingerprint density at radius 3 is 2.45 bits per heavy atom. The lowest BCUT2D eigenvalue weighted by Crippen LogP contribution is -2.37. The molecule has 2 amide bonds. The molecule has 0 atom stereocenters. The fourth-order valence-corrected chi connectivity index (χ4v) is 1.74. The van der Waals surface area contributed by atoms with Crippen LogP contribution in [-0.2, 0) is 9.53 Å². The van der Waals surface area contributed by atoms with Crippen LogP contribution in [0.1, 0.15) is 26.3 Å². The smallest absolute Gasteiger partial charge is 0.408 e. The lowest BCUT2D eigenvalue weighted by Gasteiger charge is -2.19. The van der Waals surface area contributed by atoms with Crippen molar-refractivity contribution in [2.24, 2.45) is 0 Å². The van der Waals surface area contributed by atoms with Gasteiger partial charge < -0.3 is 20.1 Å². The van der Waals surface area contributed by atoms with E-state index in [0.29, 0.717) is 16.5 Å². The third-order valence-electron chi connectivity index (χ3n) is 2.55. The van der Waals surface area contributed by atoms with Crippen LogP contribution in [0.3, 0.4) is 0 Å². The summed E-state index contributed by atoms with van der Waals surface area (Å²) in [6.07, 6.45) is -0.651. The maximum absolute atomic E-state index is 11.9. The molecule has 7 heteroatoms. The van der Waals surface area contributed by atoms with Gasteiger partial charge in [-0.2, -0.15) is 0 Å². The summed E-state index contributed by atoms with van der Waals surface area (Å²) < 4.78 is 10.2. The van der Waals surface area contributed by atoms with Gasteiger partial charge in [0.2, 0.25) is 5.91 Å². The van der Waals surface area contributed by atoms with Gasteiger partial charge in [0.25, 0.3) is 0 Å². The summed E-state index contributed by atoms with van der Waals surface area (Å²) in [4.78, 5) is 23.4. The number of rotatable bonds is 4. The van der Waals surface area contributed by atoms with Gasteiger partial charge in [-0.05, 0) is 39.3 Å². The molecule has 0 radical (unpaired) electrons. The van der Waals surface area contributed by atoms with E-state index in [1.54, 1.807) is 32.9 Å². The molecule has 0 unspecified atom stereocenters. The minimum absolute atomic E-state index is 0.209. The monoisotopic (exact) mass is 328 g/mol. The van der Waals surface area contributed by atoms with Crippen molar-refractivity contribution in [3.8, 4) is 5.75 Å². The van der Waals surface area contributed by atoms with Gasteiger partial charge in [-0.15, -0.1) is 0 Å². The van der Waals surface area contributed by atoms with Crippen molar-refractivity contribution >= 4 is 29.3 Å². The van der Waals surface area contributed by atoms with E-state index in [1.165, 1.54) is 7.11 Å². The Morgan fingerprint density at radius 1 is 1.27 bits per heavy atom. The number of aryl methyl sites for hydroxylation is 1. The number of methoxy groups -OCH3 is 1. The summed E-state index contributed by atoms with van der Waals surface area (Å²) in [5.41, 5.74) is 0.676. The number of nitrogens with one attached hydrogen (secondary N) is 2. The number of amides is 2. The third kappa shape index (κ3) is 5.81. The molecule has 0 aromatic heterocycles. The zero-order valence-corrected chi connectivity index (χ0v) is 14.1. The number of benzene rings is 1. The van der Waals surface area contributed by atoms with Crippen molar-refractivity contribution < 1.29 is 19.1 Å². The molecule has 0 saturated carbocycles. The van der Waals surface area contributed by atoms with Gasteiger partial charge in [0.1, 0.15) is 17.9 Å². The van der Waals surface area contributed by atoms with E-state index in [-0.39, 0.29) is 6.54 Å². The van der Waals surface area contributed by atoms with Gasteiger partial charge in [0.05, 0.1) is 12.8 Å².